The molecule has 2 aliphatic rings. The predicted molar refractivity (Wildman–Crippen MR) is 60.9 cm³/mol. The normalized spacial score (nSPS) is 39.8. The smallest absolute Gasteiger partial charge is 0.0620 e. The van der Waals surface area contributed by atoms with Crippen LogP contribution in [0.25, 0.3) is 0 Å². The van der Waals surface area contributed by atoms with Gasteiger partial charge in [0.2, 0.25) is 0 Å². The summed E-state index contributed by atoms with van der Waals surface area (Å²) in [6.07, 6.45) is 1.20. The SMILES string of the molecule is CC1COCCN1C1(CN)CCN(C)C1. The van der Waals surface area contributed by atoms with Crippen LogP contribution < -0.4 is 5.73 Å². The molecule has 2 atom stereocenters. The Morgan fingerprint density at radius 3 is 2.80 bits per heavy atom. The summed E-state index contributed by atoms with van der Waals surface area (Å²) >= 11 is 0. The molecular formula is C11H23N3O. The van der Waals surface area contributed by atoms with Crippen LogP contribution in [-0.2, 0) is 4.74 Å². The van der Waals surface area contributed by atoms with E-state index in [4.69, 9.17) is 10.5 Å². The molecule has 0 spiro atoms. The van der Waals surface area contributed by atoms with Crippen LogP contribution in [0.1, 0.15) is 13.3 Å². The van der Waals surface area contributed by atoms with Gasteiger partial charge >= 0.3 is 0 Å². The standard InChI is InChI=1S/C11H23N3O/c1-10-7-15-6-5-14(10)11(8-12)3-4-13(2)9-11/h10H,3-9,12H2,1-2H3. The van der Waals surface area contributed by atoms with E-state index in [1.165, 1.54) is 13.0 Å². The molecule has 15 heavy (non-hydrogen) atoms. The van der Waals surface area contributed by atoms with Gasteiger partial charge in [0, 0.05) is 31.2 Å². The first-order valence-electron chi connectivity index (χ1n) is 5.91. The van der Waals surface area contributed by atoms with Crippen LogP contribution in [0.5, 0.6) is 0 Å². The molecule has 2 aliphatic heterocycles. The van der Waals surface area contributed by atoms with Crippen molar-refractivity contribution < 1.29 is 4.74 Å². The van der Waals surface area contributed by atoms with Gasteiger partial charge in [-0.3, -0.25) is 4.90 Å². The lowest BCUT2D eigenvalue weighted by Gasteiger charge is -2.46. The summed E-state index contributed by atoms with van der Waals surface area (Å²) in [6.45, 7) is 8.03. The summed E-state index contributed by atoms with van der Waals surface area (Å²) < 4.78 is 5.49. The van der Waals surface area contributed by atoms with Crippen LogP contribution in [0.3, 0.4) is 0 Å². The summed E-state index contributed by atoms with van der Waals surface area (Å²) in [4.78, 5) is 4.95. The topological polar surface area (TPSA) is 41.7 Å². The lowest BCUT2D eigenvalue weighted by atomic mass is 9.93. The third kappa shape index (κ3) is 2.04. The van der Waals surface area contributed by atoms with Gasteiger partial charge in [-0.2, -0.15) is 0 Å². The molecule has 2 N–H and O–H groups in total. The van der Waals surface area contributed by atoms with Gasteiger partial charge in [-0.15, -0.1) is 0 Å². The van der Waals surface area contributed by atoms with E-state index in [2.05, 4.69) is 23.8 Å². The lowest BCUT2D eigenvalue weighted by molar-refractivity contribution is -0.0526. The second-order valence-corrected chi connectivity index (χ2v) is 5.03. The lowest BCUT2D eigenvalue weighted by Crippen LogP contribution is -2.62. The van der Waals surface area contributed by atoms with E-state index in [9.17, 15) is 0 Å². The Morgan fingerprint density at radius 1 is 1.47 bits per heavy atom. The molecule has 2 fully saturated rings. The van der Waals surface area contributed by atoms with Crippen LogP contribution >= 0.6 is 0 Å². The maximum atomic E-state index is 6.01. The van der Waals surface area contributed by atoms with E-state index in [0.717, 1.165) is 32.8 Å². The largest absolute Gasteiger partial charge is 0.379 e. The molecule has 0 aromatic rings. The summed E-state index contributed by atoms with van der Waals surface area (Å²) in [5, 5.41) is 0. The Labute approximate surface area is 92.4 Å². The van der Waals surface area contributed by atoms with Gasteiger partial charge in [-0.25, -0.2) is 0 Å². The number of nitrogens with two attached hydrogens (primary N) is 1. The van der Waals surface area contributed by atoms with Crippen molar-refractivity contribution in [3.63, 3.8) is 0 Å². The molecule has 2 unspecified atom stereocenters. The van der Waals surface area contributed by atoms with Crippen LogP contribution in [0, 0.1) is 0 Å². The molecule has 2 saturated heterocycles. The van der Waals surface area contributed by atoms with Gasteiger partial charge in [-0.05, 0) is 26.9 Å². The molecule has 4 heteroatoms. The van der Waals surface area contributed by atoms with Crippen molar-refractivity contribution in [2.24, 2.45) is 5.73 Å². The highest BCUT2D eigenvalue weighted by molar-refractivity contribution is 5.01. The fraction of sp³-hybridized carbons (Fsp3) is 1.00. The fourth-order valence-corrected chi connectivity index (χ4v) is 3.01. The van der Waals surface area contributed by atoms with Crippen molar-refractivity contribution in [2.75, 3.05) is 46.4 Å². The molecule has 2 rings (SSSR count). The number of ether oxygens (including phenoxy) is 1. The molecule has 0 bridgehead atoms. The first-order chi connectivity index (χ1) is 7.18. The monoisotopic (exact) mass is 213 g/mol. The van der Waals surface area contributed by atoms with Gasteiger partial charge in [0.05, 0.1) is 13.2 Å². The molecule has 0 aromatic heterocycles. The summed E-state index contributed by atoms with van der Waals surface area (Å²) in [5.41, 5.74) is 6.22. The molecule has 0 saturated carbocycles. The molecule has 0 aliphatic carbocycles. The number of likely N-dealkylation sites (N-methyl/N-ethyl adjacent to an activating group) is 1. The molecule has 0 amide bonds. The van der Waals surface area contributed by atoms with Gasteiger partial charge in [0.1, 0.15) is 0 Å². The maximum Gasteiger partial charge on any atom is 0.0620 e. The Kier molecular flexibility index (Phi) is 3.30. The van der Waals surface area contributed by atoms with E-state index in [0.29, 0.717) is 6.04 Å². The zero-order valence-corrected chi connectivity index (χ0v) is 9.91. The van der Waals surface area contributed by atoms with Crippen molar-refractivity contribution in [3.05, 3.63) is 0 Å². The average molecular weight is 213 g/mol. The van der Waals surface area contributed by atoms with E-state index in [1.54, 1.807) is 0 Å². The number of morpholine rings is 1. The fourth-order valence-electron chi connectivity index (χ4n) is 3.01. The number of hydrogen-bond acceptors (Lipinski definition) is 4. The molecule has 88 valence electrons. The Hall–Kier alpha value is -0.160. The van der Waals surface area contributed by atoms with Gasteiger partial charge in [0.25, 0.3) is 0 Å². The van der Waals surface area contributed by atoms with Gasteiger partial charge in [-0.1, -0.05) is 0 Å². The second-order valence-electron chi connectivity index (χ2n) is 5.03. The van der Waals surface area contributed by atoms with Crippen molar-refractivity contribution in [2.45, 2.75) is 24.9 Å². The third-order valence-electron chi connectivity index (χ3n) is 3.88. The zero-order valence-electron chi connectivity index (χ0n) is 9.91. The van der Waals surface area contributed by atoms with Gasteiger partial charge in [0.15, 0.2) is 0 Å². The number of nitrogens with zero attached hydrogens (tertiary/aromatic N) is 2. The number of likely N-dealkylation sites (tertiary alicyclic amines) is 1. The summed E-state index contributed by atoms with van der Waals surface area (Å²) in [5.74, 6) is 0. The zero-order chi connectivity index (χ0) is 10.9. The van der Waals surface area contributed by atoms with Crippen LogP contribution in [-0.4, -0.2) is 67.8 Å². The average Bonchev–Trinajstić information content (AvgIpc) is 2.62. The predicted octanol–water partition coefficient (Wildman–Crippen LogP) is -0.260. The van der Waals surface area contributed by atoms with E-state index >= 15 is 0 Å². The molecular weight excluding hydrogens is 190 g/mol. The summed E-state index contributed by atoms with van der Waals surface area (Å²) in [6, 6.07) is 0.508. The van der Waals surface area contributed by atoms with Crippen molar-refractivity contribution >= 4 is 0 Å². The minimum Gasteiger partial charge on any atom is -0.379 e. The molecule has 0 aromatic carbocycles. The first kappa shape index (κ1) is 11.3. The van der Waals surface area contributed by atoms with E-state index < -0.39 is 0 Å². The number of hydrogen-bond donors (Lipinski definition) is 1. The molecule has 0 radical (unpaired) electrons. The van der Waals surface area contributed by atoms with Crippen LogP contribution in [0.15, 0.2) is 0 Å². The van der Waals surface area contributed by atoms with E-state index in [1.807, 2.05) is 0 Å². The summed E-state index contributed by atoms with van der Waals surface area (Å²) in [7, 11) is 2.18. The minimum absolute atomic E-state index is 0.206. The second kappa shape index (κ2) is 4.37. The van der Waals surface area contributed by atoms with Crippen molar-refractivity contribution in [3.8, 4) is 0 Å². The third-order valence-corrected chi connectivity index (χ3v) is 3.88. The van der Waals surface area contributed by atoms with Crippen molar-refractivity contribution in [1.29, 1.82) is 0 Å². The molecule has 2 heterocycles. The van der Waals surface area contributed by atoms with Crippen LogP contribution in [0.2, 0.25) is 0 Å². The highest BCUT2D eigenvalue weighted by Crippen LogP contribution is 2.29. The Bertz CT molecular complexity index is 224. The molecule has 4 nitrogen and oxygen atoms in total. The maximum absolute atomic E-state index is 6.01. The number of rotatable bonds is 2. The van der Waals surface area contributed by atoms with Crippen molar-refractivity contribution in [1.82, 2.24) is 9.80 Å². The van der Waals surface area contributed by atoms with Crippen LogP contribution in [0.4, 0.5) is 0 Å². The first-order valence-corrected chi connectivity index (χ1v) is 5.91. The quantitative estimate of drug-likeness (QED) is 0.686. The van der Waals surface area contributed by atoms with E-state index in [-0.39, 0.29) is 5.54 Å². The highest BCUT2D eigenvalue weighted by atomic mass is 16.5. The minimum atomic E-state index is 0.206. The Morgan fingerprint density at radius 2 is 2.27 bits per heavy atom. The van der Waals surface area contributed by atoms with Gasteiger partial charge < -0.3 is 15.4 Å². The Balaban J connectivity index is 2.10. The highest BCUT2D eigenvalue weighted by Gasteiger charge is 2.43.